The molecule has 0 aliphatic carbocycles. The zero-order valence-corrected chi connectivity index (χ0v) is 14.0. The molecule has 0 aliphatic heterocycles. The van der Waals surface area contributed by atoms with Gasteiger partial charge in [0.15, 0.2) is 0 Å². The third kappa shape index (κ3) is 4.29. The number of carbonyl (C=O) groups excluding carboxylic acids is 1. The lowest BCUT2D eigenvalue weighted by Crippen LogP contribution is -2.33. The highest BCUT2D eigenvalue weighted by Crippen LogP contribution is 2.18. The number of benzene rings is 1. The Hall–Kier alpha value is -2.94. The van der Waals surface area contributed by atoms with Crippen LogP contribution >= 0.6 is 0 Å². The topological polar surface area (TPSA) is 81.9 Å². The molecule has 0 bridgehead atoms. The van der Waals surface area contributed by atoms with Gasteiger partial charge in [0.05, 0.1) is 23.6 Å². The van der Waals surface area contributed by atoms with Gasteiger partial charge in [-0.05, 0) is 25.0 Å². The van der Waals surface area contributed by atoms with Gasteiger partial charge < -0.3 is 10.2 Å². The molecule has 0 spiro atoms. The monoisotopic (exact) mass is 323 g/mol. The van der Waals surface area contributed by atoms with Crippen molar-refractivity contribution >= 4 is 17.4 Å². The number of aromatic nitrogens is 2. The summed E-state index contributed by atoms with van der Waals surface area (Å²) < 4.78 is 0. The first-order valence-electron chi connectivity index (χ1n) is 8.07. The molecule has 0 atom stereocenters. The zero-order chi connectivity index (χ0) is 17.4. The number of carbonyl (C=O) groups is 1. The summed E-state index contributed by atoms with van der Waals surface area (Å²) in [5.74, 6) is 0.391. The first-order chi connectivity index (χ1) is 11.7. The number of nitrogens with zero attached hydrogens (tertiary/aromatic N) is 4. The Morgan fingerprint density at radius 1 is 1.17 bits per heavy atom. The fraction of sp³-hybridized carbons (Fsp3) is 0.333. The predicted octanol–water partition coefficient (Wildman–Crippen LogP) is 3.35. The Morgan fingerprint density at radius 2 is 1.88 bits per heavy atom. The molecule has 2 rings (SSSR count). The van der Waals surface area contributed by atoms with E-state index in [1.807, 2.05) is 19.9 Å². The van der Waals surface area contributed by atoms with Gasteiger partial charge in [-0.25, -0.2) is 9.97 Å². The van der Waals surface area contributed by atoms with Crippen LogP contribution in [0.3, 0.4) is 0 Å². The zero-order valence-electron chi connectivity index (χ0n) is 14.0. The van der Waals surface area contributed by atoms with Crippen LogP contribution in [0.4, 0.5) is 11.5 Å². The summed E-state index contributed by atoms with van der Waals surface area (Å²) in [5, 5.41) is 12.1. The van der Waals surface area contributed by atoms with Gasteiger partial charge in [-0.15, -0.1) is 0 Å². The third-order valence-electron chi connectivity index (χ3n) is 3.46. The summed E-state index contributed by atoms with van der Waals surface area (Å²) in [6, 6.07) is 9.27. The molecule has 1 aromatic heterocycles. The maximum absolute atomic E-state index is 12.5. The molecule has 1 N–H and O–H groups in total. The van der Waals surface area contributed by atoms with Crippen molar-refractivity contribution in [3.8, 4) is 6.07 Å². The smallest absolute Gasteiger partial charge is 0.274 e. The van der Waals surface area contributed by atoms with Crippen molar-refractivity contribution in [1.29, 1.82) is 5.26 Å². The van der Waals surface area contributed by atoms with E-state index >= 15 is 0 Å². The predicted molar refractivity (Wildman–Crippen MR) is 93.0 cm³/mol. The van der Waals surface area contributed by atoms with E-state index in [9.17, 15) is 4.79 Å². The van der Waals surface area contributed by atoms with E-state index in [1.165, 1.54) is 12.4 Å². The highest BCUT2D eigenvalue weighted by molar-refractivity contribution is 5.92. The number of nitriles is 1. The summed E-state index contributed by atoms with van der Waals surface area (Å²) in [7, 11) is 0. The van der Waals surface area contributed by atoms with E-state index in [0.717, 1.165) is 12.8 Å². The number of rotatable bonds is 7. The van der Waals surface area contributed by atoms with Gasteiger partial charge in [-0.1, -0.05) is 26.0 Å². The van der Waals surface area contributed by atoms with Crippen molar-refractivity contribution in [3.05, 3.63) is 47.9 Å². The maximum atomic E-state index is 12.5. The largest absolute Gasteiger partial charge is 0.338 e. The van der Waals surface area contributed by atoms with Crippen LogP contribution in [-0.2, 0) is 0 Å². The molecule has 6 heteroatoms. The minimum Gasteiger partial charge on any atom is -0.338 e. The van der Waals surface area contributed by atoms with Crippen LogP contribution in [0.1, 0.15) is 42.7 Å². The number of nitrogens with one attached hydrogen (secondary N) is 1. The molecule has 2 aromatic rings. The Bertz CT molecular complexity index is 715. The van der Waals surface area contributed by atoms with Crippen molar-refractivity contribution in [2.75, 3.05) is 18.4 Å². The normalized spacial score (nSPS) is 10.0. The summed E-state index contributed by atoms with van der Waals surface area (Å²) in [6.45, 7) is 5.51. The van der Waals surface area contributed by atoms with Gasteiger partial charge in [0.1, 0.15) is 17.6 Å². The van der Waals surface area contributed by atoms with Gasteiger partial charge in [0.25, 0.3) is 5.91 Å². The average Bonchev–Trinajstić information content (AvgIpc) is 2.62. The van der Waals surface area contributed by atoms with Crippen LogP contribution in [0.15, 0.2) is 36.7 Å². The molecule has 1 amide bonds. The quantitative estimate of drug-likeness (QED) is 0.845. The molecule has 0 fully saturated rings. The minimum absolute atomic E-state index is 0.102. The Labute approximate surface area is 142 Å². The Balaban J connectivity index is 2.12. The number of amides is 1. The molecule has 0 unspecified atom stereocenters. The van der Waals surface area contributed by atoms with Crippen LogP contribution in [-0.4, -0.2) is 33.9 Å². The van der Waals surface area contributed by atoms with Gasteiger partial charge in [-0.3, -0.25) is 4.79 Å². The second-order valence-electron chi connectivity index (χ2n) is 5.36. The van der Waals surface area contributed by atoms with E-state index in [0.29, 0.717) is 35.9 Å². The number of hydrogen-bond donors (Lipinski definition) is 1. The molecule has 0 aliphatic rings. The molecule has 1 heterocycles. The van der Waals surface area contributed by atoms with Crippen molar-refractivity contribution in [1.82, 2.24) is 14.9 Å². The Morgan fingerprint density at radius 3 is 2.46 bits per heavy atom. The average molecular weight is 323 g/mol. The van der Waals surface area contributed by atoms with Gasteiger partial charge in [0.2, 0.25) is 0 Å². The van der Waals surface area contributed by atoms with E-state index in [4.69, 9.17) is 5.26 Å². The molecular formula is C18H21N5O. The fourth-order valence-electron chi connectivity index (χ4n) is 2.35. The van der Waals surface area contributed by atoms with Crippen LogP contribution < -0.4 is 5.32 Å². The fourth-order valence-corrected chi connectivity index (χ4v) is 2.35. The van der Waals surface area contributed by atoms with Crippen LogP contribution in [0.25, 0.3) is 0 Å². The molecule has 0 saturated carbocycles. The van der Waals surface area contributed by atoms with Gasteiger partial charge in [0, 0.05) is 13.1 Å². The highest BCUT2D eigenvalue weighted by atomic mass is 16.2. The summed E-state index contributed by atoms with van der Waals surface area (Å²) >= 11 is 0. The first kappa shape index (κ1) is 17.4. The van der Waals surface area contributed by atoms with Crippen LogP contribution in [0, 0.1) is 11.3 Å². The second kappa shape index (κ2) is 8.63. The summed E-state index contributed by atoms with van der Waals surface area (Å²) in [5.41, 5.74) is 1.51. The van der Waals surface area contributed by atoms with Gasteiger partial charge in [-0.2, -0.15) is 5.26 Å². The maximum Gasteiger partial charge on any atom is 0.274 e. The number of anilines is 2. The molecule has 24 heavy (non-hydrogen) atoms. The van der Waals surface area contributed by atoms with Crippen molar-refractivity contribution in [2.24, 2.45) is 0 Å². The van der Waals surface area contributed by atoms with Crippen molar-refractivity contribution in [3.63, 3.8) is 0 Å². The Kier molecular flexibility index (Phi) is 6.26. The summed E-state index contributed by atoms with van der Waals surface area (Å²) in [6.07, 6.45) is 4.79. The molecular weight excluding hydrogens is 302 g/mol. The van der Waals surface area contributed by atoms with Gasteiger partial charge >= 0.3 is 0 Å². The molecule has 6 nitrogen and oxygen atoms in total. The standard InChI is InChI=1S/C18H21N5O/c1-3-9-23(10-4-2)18(24)16-12-21-17(13-20-16)22-15-8-6-5-7-14(15)11-19/h5-8,12-13H,3-4,9-10H2,1-2H3,(H,21,22). The van der Waals surface area contributed by atoms with Crippen molar-refractivity contribution in [2.45, 2.75) is 26.7 Å². The number of para-hydroxylation sites is 1. The molecule has 0 saturated heterocycles. The SMILES string of the molecule is CCCN(CCC)C(=O)c1cnc(Nc2ccccc2C#N)cn1. The minimum atomic E-state index is -0.102. The van der Waals surface area contributed by atoms with E-state index < -0.39 is 0 Å². The van der Waals surface area contributed by atoms with Crippen molar-refractivity contribution < 1.29 is 4.79 Å². The lowest BCUT2D eigenvalue weighted by molar-refractivity contribution is 0.0749. The lowest BCUT2D eigenvalue weighted by Gasteiger charge is -2.20. The number of hydrogen-bond acceptors (Lipinski definition) is 5. The molecule has 0 radical (unpaired) electrons. The second-order valence-corrected chi connectivity index (χ2v) is 5.36. The van der Waals surface area contributed by atoms with Crippen LogP contribution in [0.5, 0.6) is 0 Å². The molecule has 1 aromatic carbocycles. The third-order valence-corrected chi connectivity index (χ3v) is 3.46. The lowest BCUT2D eigenvalue weighted by atomic mass is 10.2. The highest BCUT2D eigenvalue weighted by Gasteiger charge is 2.16. The van der Waals surface area contributed by atoms with Crippen LogP contribution in [0.2, 0.25) is 0 Å². The van der Waals surface area contributed by atoms with E-state index in [-0.39, 0.29) is 5.91 Å². The first-order valence-corrected chi connectivity index (χ1v) is 8.07. The van der Waals surface area contributed by atoms with E-state index in [2.05, 4.69) is 21.4 Å². The molecule has 124 valence electrons. The van der Waals surface area contributed by atoms with E-state index in [1.54, 1.807) is 23.1 Å². The summed E-state index contributed by atoms with van der Waals surface area (Å²) in [4.78, 5) is 22.7.